The minimum atomic E-state index is -0.564. The van der Waals surface area contributed by atoms with E-state index >= 15 is 0 Å². The summed E-state index contributed by atoms with van der Waals surface area (Å²) < 4.78 is 10.5. The van der Waals surface area contributed by atoms with Crippen molar-refractivity contribution in [3.8, 4) is 0 Å². The number of cyclic esters (lactones) is 1. The van der Waals surface area contributed by atoms with Crippen LogP contribution < -0.4 is 0 Å². The third-order valence-corrected chi connectivity index (χ3v) is 3.47. The molecule has 0 unspecified atom stereocenters. The number of allylic oxidation sites excluding steroid dienone is 1. The summed E-state index contributed by atoms with van der Waals surface area (Å²) in [6, 6.07) is 8.12. The number of hydrogen-bond donors (Lipinski definition) is 0. The summed E-state index contributed by atoms with van der Waals surface area (Å²) in [4.78, 5) is 11.4. The summed E-state index contributed by atoms with van der Waals surface area (Å²) in [5.74, 6) is 0.210. The van der Waals surface area contributed by atoms with Gasteiger partial charge >= 0.3 is 6.16 Å². The molecule has 0 radical (unpaired) electrons. The largest absolute Gasteiger partial charge is 0.509 e. The number of ether oxygens (including phenoxy) is 2. The van der Waals surface area contributed by atoms with Crippen LogP contribution in [0.25, 0.3) is 0 Å². The molecule has 2 aliphatic rings. The zero-order valence-electron chi connectivity index (χ0n) is 9.63. The molecular formula is C14H14O3. The topological polar surface area (TPSA) is 35.5 Å². The van der Waals surface area contributed by atoms with Crippen LogP contribution in [0.5, 0.6) is 0 Å². The Morgan fingerprint density at radius 3 is 2.94 bits per heavy atom. The third-order valence-electron chi connectivity index (χ3n) is 3.47. The molecule has 3 nitrogen and oxygen atoms in total. The normalized spacial score (nSPS) is 30.6. The van der Waals surface area contributed by atoms with Crippen LogP contribution in [0.15, 0.2) is 36.4 Å². The predicted octanol–water partition coefficient (Wildman–Crippen LogP) is 3.01. The van der Waals surface area contributed by atoms with Crippen molar-refractivity contribution in [1.29, 1.82) is 0 Å². The molecule has 88 valence electrons. The van der Waals surface area contributed by atoms with E-state index in [1.54, 1.807) is 0 Å². The highest BCUT2D eigenvalue weighted by Crippen LogP contribution is 2.44. The number of fused-ring (bicyclic) bond motifs is 3. The summed E-state index contributed by atoms with van der Waals surface area (Å²) in [6.07, 6.45) is 3.88. The Morgan fingerprint density at radius 1 is 1.29 bits per heavy atom. The van der Waals surface area contributed by atoms with Crippen molar-refractivity contribution in [3.63, 3.8) is 0 Å². The van der Waals surface area contributed by atoms with Crippen LogP contribution in [0.3, 0.4) is 0 Å². The van der Waals surface area contributed by atoms with E-state index < -0.39 is 6.16 Å². The number of rotatable bonds is 1. The molecule has 1 saturated heterocycles. The Bertz CT molecular complexity index is 478. The summed E-state index contributed by atoms with van der Waals surface area (Å²) in [7, 11) is 0. The minimum absolute atomic E-state index is 0.145. The molecule has 1 aliphatic heterocycles. The van der Waals surface area contributed by atoms with E-state index in [0.29, 0.717) is 0 Å². The second kappa shape index (κ2) is 3.91. The summed E-state index contributed by atoms with van der Waals surface area (Å²) in [5.41, 5.74) is 2.39. The molecule has 0 spiro atoms. The van der Waals surface area contributed by atoms with Crippen molar-refractivity contribution < 1.29 is 14.3 Å². The molecule has 1 aromatic carbocycles. The lowest BCUT2D eigenvalue weighted by atomic mass is 9.95. The van der Waals surface area contributed by atoms with Crippen LogP contribution in [0, 0.1) is 5.92 Å². The number of carbonyl (C=O) groups is 1. The number of hydrogen-bond acceptors (Lipinski definition) is 3. The van der Waals surface area contributed by atoms with Gasteiger partial charge < -0.3 is 9.47 Å². The summed E-state index contributed by atoms with van der Waals surface area (Å²) in [6.45, 7) is 1.93. The molecule has 0 bridgehead atoms. The van der Waals surface area contributed by atoms with Crippen LogP contribution in [0.4, 0.5) is 4.79 Å². The van der Waals surface area contributed by atoms with Gasteiger partial charge in [0.1, 0.15) is 12.2 Å². The highest BCUT2D eigenvalue weighted by Gasteiger charge is 2.44. The maximum atomic E-state index is 11.4. The molecule has 0 amide bonds. The van der Waals surface area contributed by atoms with E-state index in [1.807, 2.05) is 37.3 Å². The fourth-order valence-electron chi connectivity index (χ4n) is 2.73. The van der Waals surface area contributed by atoms with Crippen LogP contribution >= 0.6 is 0 Å². The van der Waals surface area contributed by atoms with E-state index in [0.717, 1.165) is 12.0 Å². The molecule has 1 aromatic rings. The van der Waals surface area contributed by atoms with Gasteiger partial charge in [0.15, 0.2) is 0 Å². The van der Waals surface area contributed by atoms with Gasteiger partial charge in [-0.05, 0) is 30.5 Å². The van der Waals surface area contributed by atoms with Gasteiger partial charge in [-0.1, -0.05) is 30.3 Å². The van der Waals surface area contributed by atoms with Gasteiger partial charge in [-0.2, -0.15) is 0 Å². The predicted molar refractivity (Wildman–Crippen MR) is 62.5 cm³/mol. The number of carbonyl (C=O) groups excluding carboxylic acids is 1. The zero-order valence-corrected chi connectivity index (χ0v) is 9.63. The second-order valence-electron chi connectivity index (χ2n) is 4.46. The van der Waals surface area contributed by atoms with Gasteiger partial charge in [0.25, 0.3) is 0 Å². The van der Waals surface area contributed by atoms with Gasteiger partial charge in [-0.3, -0.25) is 0 Å². The van der Waals surface area contributed by atoms with Crippen LogP contribution in [0.1, 0.15) is 24.2 Å². The van der Waals surface area contributed by atoms with Gasteiger partial charge in [0.2, 0.25) is 0 Å². The number of benzene rings is 1. The highest BCUT2D eigenvalue weighted by molar-refractivity contribution is 5.63. The maximum absolute atomic E-state index is 11.4. The Hall–Kier alpha value is -1.77. The molecule has 1 fully saturated rings. The summed E-state index contributed by atoms with van der Waals surface area (Å²) >= 11 is 0. The van der Waals surface area contributed by atoms with Gasteiger partial charge in [0.05, 0.1) is 0 Å². The smallest absolute Gasteiger partial charge is 0.426 e. The molecule has 1 heterocycles. The molecule has 3 atom stereocenters. The van der Waals surface area contributed by atoms with Gasteiger partial charge in [0, 0.05) is 5.92 Å². The molecule has 17 heavy (non-hydrogen) atoms. The van der Waals surface area contributed by atoms with E-state index in [4.69, 9.17) is 9.47 Å². The van der Waals surface area contributed by atoms with Crippen LogP contribution in [-0.4, -0.2) is 12.3 Å². The fourth-order valence-corrected chi connectivity index (χ4v) is 2.73. The Balaban J connectivity index is 1.98. The zero-order chi connectivity index (χ0) is 11.8. The Kier molecular flexibility index (Phi) is 2.39. The fraction of sp³-hybridized carbons (Fsp3) is 0.357. The van der Waals surface area contributed by atoms with E-state index in [2.05, 4.69) is 6.07 Å². The lowest BCUT2D eigenvalue weighted by Crippen LogP contribution is -2.36. The highest BCUT2D eigenvalue weighted by atomic mass is 16.7. The lowest BCUT2D eigenvalue weighted by molar-refractivity contribution is -0.0790. The van der Waals surface area contributed by atoms with E-state index in [1.165, 1.54) is 5.56 Å². The Labute approximate surface area is 100 Å². The summed E-state index contributed by atoms with van der Waals surface area (Å²) in [5, 5.41) is 0. The van der Waals surface area contributed by atoms with Crippen molar-refractivity contribution in [2.75, 3.05) is 0 Å². The van der Waals surface area contributed by atoms with Gasteiger partial charge in [-0.15, -0.1) is 0 Å². The first-order chi connectivity index (χ1) is 8.29. The maximum Gasteiger partial charge on any atom is 0.509 e. The standard InChI is InChI=1S/C14H14O3/c1-2-5-12-11-8-9-6-3-4-7-10(9)13(11)17-14(15)16-12/h2-7,11-13H,8H2,1H3/b5-2+/t11-,12+,13-/m0/s1. The van der Waals surface area contributed by atoms with Crippen molar-refractivity contribution in [2.24, 2.45) is 5.92 Å². The first-order valence-electron chi connectivity index (χ1n) is 5.87. The monoisotopic (exact) mass is 230 g/mol. The lowest BCUT2D eigenvalue weighted by Gasteiger charge is -2.31. The van der Waals surface area contributed by atoms with Gasteiger partial charge in [-0.25, -0.2) is 4.79 Å². The van der Waals surface area contributed by atoms with Crippen molar-refractivity contribution in [2.45, 2.75) is 25.6 Å². The van der Waals surface area contributed by atoms with Crippen molar-refractivity contribution in [3.05, 3.63) is 47.5 Å². The molecule has 3 rings (SSSR count). The Morgan fingerprint density at radius 2 is 2.12 bits per heavy atom. The van der Waals surface area contributed by atoms with Crippen molar-refractivity contribution >= 4 is 6.16 Å². The molecular weight excluding hydrogens is 216 g/mol. The second-order valence-corrected chi connectivity index (χ2v) is 4.46. The quantitative estimate of drug-likeness (QED) is 0.549. The third kappa shape index (κ3) is 1.62. The molecule has 3 heteroatoms. The molecule has 0 aromatic heterocycles. The minimum Gasteiger partial charge on any atom is -0.426 e. The first-order valence-corrected chi connectivity index (χ1v) is 5.87. The first kappa shape index (κ1) is 10.4. The van der Waals surface area contributed by atoms with E-state index in [9.17, 15) is 4.79 Å². The molecule has 1 aliphatic carbocycles. The average Bonchev–Trinajstić information content (AvgIpc) is 2.69. The van der Waals surface area contributed by atoms with Crippen LogP contribution in [0.2, 0.25) is 0 Å². The molecule has 0 N–H and O–H groups in total. The average molecular weight is 230 g/mol. The molecule has 0 saturated carbocycles. The van der Waals surface area contributed by atoms with Crippen LogP contribution in [-0.2, 0) is 15.9 Å². The SMILES string of the molecule is C/C=C/[C@H]1OC(=O)O[C@H]2c3ccccc3C[C@@H]12. The van der Waals surface area contributed by atoms with E-state index in [-0.39, 0.29) is 18.1 Å². The van der Waals surface area contributed by atoms with Crippen molar-refractivity contribution in [1.82, 2.24) is 0 Å².